The van der Waals surface area contributed by atoms with Gasteiger partial charge in [0.15, 0.2) is 5.58 Å². The molecule has 1 aromatic carbocycles. The molecule has 2 rings (SSSR count). The van der Waals surface area contributed by atoms with Crippen LogP contribution in [-0.2, 0) is 0 Å². The first-order valence-electron chi connectivity index (χ1n) is 4.25. The molecule has 0 aliphatic rings. The molecule has 0 radical (unpaired) electrons. The van der Waals surface area contributed by atoms with E-state index in [9.17, 15) is 4.79 Å². The number of nitrogens with zero attached hydrogens (tertiary/aromatic N) is 1. The summed E-state index contributed by atoms with van der Waals surface area (Å²) in [6.07, 6.45) is 1.19. The maximum atomic E-state index is 11.8. The van der Waals surface area contributed by atoms with E-state index in [1.165, 1.54) is 6.26 Å². The number of halogens is 1. The Bertz CT molecular complexity index is 637. The van der Waals surface area contributed by atoms with Gasteiger partial charge in [0.2, 0.25) is 5.43 Å². The molecule has 0 bridgehead atoms. The molecule has 4 heteroatoms. The molecular weight excluding hydrogens is 258 g/mol. The number of nitriles is 1. The maximum Gasteiger partial charge on any atom is 0.210 e. The van der Waals surface area contributed by atoms with Gasteiger partial charge in [-0.25, -0.2) is 0 Å². The number of rotatable bonds is 0. The molecule has 0 fully saturated rings. The molecule has 1 heterocycles. The molecular formula is C11H6BrNO2. The summed E-state index contributed by atoms with van der Waals surface area (Å²) in [6.45, 7) is 1.88. The van der Waals surface area contributed by atoms with Gasteiger partial charge in [0.25, 0.3) is 0 Å². The van der Waals surface area contributed by atoms with E-state index in [2.05, 4.69) is 15.9 Å². The van der Waals surface area contributed by atoms with Crippen molar-refractivity contribution in [1.82, 2.24) is 0 Å². The number of benzene rings is 1. The van der Waals surface area contributed by atoms with E-state index >= 15 is 0 Å². The van der Waals surface area contributed by atoms with Crippen molar-refractivity contribution < 1.29 is 4.42 Å². The molecule has 1 aromatic heterocycles. The van der Waals surface area contributed by atoms with E-state index < -0.39 is 0 Å². The summed E-state index contributed by atoms with van der Waals surface area (Å²) in [4.78, 5) is 11.8. The maximum absolute atomic E-state index is 11.8. The zero-order chi connectivity index (χ0) is 11.0. The highest BCUT2D eigenvalue weighted by Crippen LogP contribution is 2.23. The summed E-state index contributed by atoms with van der Waals surface area (Å²) >= 11 is 3.31. The first-order valence-corrected chi connectivity index (χ1v) is 5.04. The first kappa shape index (κ1) is 9.94. The molecule has 0 unspecified atom stereocenters. The van der Waals surface area contributed by atoms with Crippen LogP contribution < -0.4 is 5.43 Å². The fraction of sp³-hybridized carbons (Fsp3) is 0.0909. The highest BCUT2D eigenvalue weighted by molar-refractivity contribution is 9.10. The third-order valence-corrected chi connectivity index (χ3v) is 2.68. The quantitative estimate of drug-likeness (QED) is 0.735. The third-order valence-electron chi connectivity index (χ3n) is 2.09. The van der Waals surface area contributed by atoms with Crippen molar-refractivity contribution in [3.63, 3.8) is 0 Å². The Morgan fingerprint density at radius 2 is 2.20 bits per heavy atom. The molecule has 0 N–H and O–H groups in total. The fourth-order valence-corrected chi connectivity index (χ4v) is 2.08. The van der Waals surface area contributed by atoms with E-state index in [0.717, 1.165) is 10.0 Å². The molecule has 0 aliphatic heterocycles. The predicted molar refractivity (Wildman–Crippen MR) is 59.6 cm³/mol. The van der Waals surface area contributed by atoms with E-state index in [1.807, 2.05) is 13.0 Å². The Hall–Kier alpha value is -1.60. The largest absolute Gasteiger partial charge is 0.461 e. The first-order chi connectivity index (χ1) is 7.13. The molecule has 0 amide bonds. The second kappa shape index (κ2) is 3.52. The Labute approximate surface area is 94.1 Å². The highest BCUT2D eigenvalue weighted by Gasteiger charge is 2.09. The third kappa shape index (κ3) is 1.55. The average molecular weight is 264 g/mol. The van der Waals surface area contributed by atoms with Crippen molar-refractivity contribution in [3.8, 4) is 6.07 Å². The lowest BCUT2D eigenvalue weighted by molar-refractivity contribution is 0.598. The van der Waals surface area contributed by atoms with Crippen LogP contribution in [0, 0.1) is 18.3 Å². The lowest BCUT2D eigenvalue weighted by atomic mass is 10.1. The average Bonchev–Trinajstić information content (AvgIpc) is 2.19. The number of aryl methyl sites for hydroxylation is 1. The number of hydrogen-bond acceptors (Lipinski definition) is 3. The Balaban J connectivity index is 3.01. The summed E-state index contributed by atoms with van der Waals surface area (Å²) in [5, 5.41) is 9.13. The van der Waals surface area contributed by atoms with Crippen LogP contribution in [0.5, 0.6) is 0 Å². The van der Waals surface area contributed by atoms with E-state index in [1.54, 1.807) is 12.1 Å². The number of fused-ring (bicyclic) bond motifs is 1. The van der Waals surface area contributed by atoms with Crippen molar-refractivity contribution >= 4 is 26.9 Å². The lowest BCUT2D eigenvalue weighted by Crippen LogP contribution is -2.05. The lowest BCUT2D eigenvalue weighted by Gasteiger charge is -2.01. The van der Waals surface area contributed by atoms with Gasteiger partial charge in [-0.15, -0.1) is 0 Å². The Kier molecular flexibility index (Phi) is 2.33. The van der Waals surface area contributed by atoms with Crippen LogP contribution >= 0.6 is 15.9 Å². The van der Waals surface area contributed by atoms with Crippen LogP contribution in [0.2, 0.25) is 0 Å². The van der Waals surface area contributed by atoms with Crippen LogP contribution in [0.15, 0.2) is 32.1 Å². The molecule has 0 aliphatic carbocycles. The molecule has 15 heavy (non-hydrogen) atoms. The van der Waals surface area contributed by atoms with Crippen molar-refractivity contribution in [2.75, 3.05) is 0 Å². The molecule has 3 nitrogen and oxygen atoms in total. The van der Waals surface area contributed by atoms with Gasteiger partial charge in [-0.3, -0.25) is 4.79 Å². The second-order valence-electron chi connectivity index (χ2n) is 3.21. The van der Waals surface area contributed by atoms with Crippen LogP contribution in [-0.4, -0.2) is 0 Å². The molecule has 0 spiro atoms. The van der Waals surface area contributed by atoms with E-state index in [-0.39, 0.29) is 11.0 Å². The van der Waals surface area contributed by atoms with Gasteiger partial charge in [-0.1, -0.05) is 0 Å². The van der Waals surface area contributed by atoms with Crippen molar-refractivity contribution in [2.24, 2.45) is 0 Å². The monoisotopic (exact) mass is 263 g/mol. The number of hydrogen-bond donors (Lipinski definition) is 0. The molecule has 0 atom stereocenters. The van der Waals surface area contributed by atoms with Gasteiger partial charge in [0.1, 0.15) is 17.9 Å². The van der Waals surface area contributed by atoms with Gasteiger partial charge in [0, 0.05) is 0 Å². The normalized spacial score (nSPS) is 10.2. The van der Waals surface area contributed by atoms with Crippen LogP contribution in [0.1, 0.15) is 11.1 Å². The van der Waals surface area contributed by atoms with Gasteiger partial charge >= 0.3 is 0 Å². The summed E-state index contributed by atoms with van der Waals surface area (Å²) in [5.74, 6) is 0. The molecule has 0 saturated heterocycles. The fourth-order valence-electron chi connectivity index (χ4n) is 1.41. The highest BCUT2D eigenvalue weighted by atomic mass is 79.9. The predicted octanol–water partition coefficient (Wildman–Crippen LogP) is 2.74. The zero-order valence-corrected chi connectivity index (χ0v) is 9.46. The summed E-state index contributed by atoms with van der Waals surface area (Å²) < 4.78 is 5.95. The van der Waals surface area contributed by atoms with Gasteiger partial charge < -0.3 is 4.42 Å². The smallest absolute Gasteiger partial charge is 0.210 e. The van der Waals surface area contributed by atoms with Gasteiger partial charge in [-0.2, -0.15) is 5.26 Å². The zero-order valence-electron chi connectivity index (χ0n) is 7.87. The SMILES string of the molecule is Cc1cc(Br)c2occ(C#N)c(=O)c2c1. The summed E-state index contributed by atoms with van der Waals surface area (Å²) in [6, 6.07) is 5.38. The second-order valence-corrected chi connectivity index (χ2v) is 4.07. The van der Waals surface area contributed by atoms with E-state index in [4.69, 9.17) is 9.68 Å². The van der Waals surface area contributed by atoms with Crippen molar-refractivity contribution in [3.05, 3.63) is 44.2 Å². The molecule has 74 valence electrons. The molecule has 0 saturated carbocycles. The minimum Gasteiger partial charge on any atom is -0.461 e. The summed E-state index contributed by atoms with van der Waals surface area (Å²) in [5.41, 5.74) is 1.16. The topological polar surface area (TPSA) is 54.0 Å². The Morgan fingerprint density at radius 3 is 2.87 bits per heavy atom. The van der Waals surface area contributed by atoms with Crippen molar-refractivity contribution in [1.29, 1.82) is 5.26 Å². The van der Waals surface area contributed by atoms with Crippen LogP contribution in [0.25, 0.3) is 11.0 Å². The summed E-state index contributed by atoms with van der Waals surface area (Å²) in [7, 11) is 0. The Morgan fingerprint density at radius 1 is 1.47 bits per heavy atom. The molecule has 2 aromatic rings. The minimum atomic E-state index is -0.289. The van der Waals surface area contributed by atoms with Gasteiger partial charge in [0.05, 0.1) is 9.86 Å². The van der Waals surface area contributed by atoms with Crippen molar-refractivity contribution in [2.45, 2.75) is 6.92 Å². The minimum absolute atomic E-state index is 0.0278. The van der Waals surface area contributed by atoms with E-state index in [0.29, 0.717) is 11.0 Å². The standard InChI is InChI=1S/C11H6BrNO2/c1-6-2-8-10(14)7(4-13)5-15-11(8)9(12)3-6/h2-3,5H,1H3. The van der Waals surface area contributed by atoms with Gasteiger partial charge in [-0.05, 0) is 40.5 Å². The van der Waals surface area contributed by atoms with Crippen LogP contribution in [0.3, 0.4) is 0 Å². The van der Waals surface area contributed by atoms with Crippen LogP contribution in [0.4, 0.5) is 0 Å².